The molecule has 1 saturated heterocycles. The monoisotopic (exact) mass is 329 g/mol. The van der Waals surface area contributed by atoms with E-state index in [2.05, 4.69) is 36.2 Å². The first-order valence-corrected chi connectivity index (χ1v) is 9.86. The minimum atomic E-state index is -1.15. The molecule has 2 aliphatic carbocycles. The Labute approximate surface area is 146 Å². The van der Waals surface area contributed by atoms with E-state index in [1.54, 1.807) is 0 Å². The van der Waals surface area contributed by atoms with Crippen molar-refractivity contribution in [2.24, 2.45) is 0 Å². The molecule has 3 aliphatic rings. The predicted octanol–water partition coefficient (Wildman–Crippen LogP) is 4.15. The van der Waals surface area contributed by atoms with E-state index in [1.165, 1.54) is 56.9 Å². The standard InChI is InChI=1S/C21H31NO2/c1-22-15-21(23,24-20-10-6-5-9-19(20)22)18-13-11-17(12-14-18)16-7-3-2-4-8-16/h11-14,16,19-20,23H,2-10,15H2,1H3. The van der Waals surface area contributed by atoms with E-state index in [1.807, 2.05) is 0 Å². The van der Waals surface area contributed by atoms with Gasteiger partial charge in [0, 0.05) is 11.6 Å². The van der Waals surface area contributed by atoms with Crippen molar-refractivity contribution in [1.82, 2.24) is 4.90 Å². The van der Waals surface area contributed by atoms with Crippen molar-refractivity contribution < 1.29 is 9.84 Å². The van der Waals surface area contributed by atoms with Gasteiger partial charge in [0.15, 0.2) is 0 Å². The Morgan fingerprint density at radius 3 is 2.38 bits per heavy atom. The highest BCUT2D eigenvalue weighted by molar-refractivity contribution is 5.29. The van der Waals surface area contributed by atoms with Gasteiger partial charge in [-0.15, -0.1) is 0 Å². The SMILES string of the molecule is CN1CC(O)(c2ccc(C3CCCCC3)cc2)OC2CCCCC21. The van der Waals surface area contributed by atoms with E-state index < -0.39 is 5.79 Å². The van der Waals surface area contributed by atoms with Crippen molar-refractivity contribution in [3.05, 3.63) is 35.4 Å². The lowest BCUT2D eigenvalue weighted by Crippen LogP contribution is -2.59. The molecule has 1 N–H and O–H groups in total. The quantitative estimate of drug-likeness (QED) is 0.884. The van der Waals surface area contributed by atoms with E-state index in [0.29, 0.717) is 18.5 Å². The number of β-amino-alcohol motifs (C(OH)–C–C–N with tert-alkyl or cyclic N) is 1. The predicted molar refractivity (Wildman–Crippen MR) is 95.9 cm³/mol. The normalized spacial score (nSPS) is 35.6. The van der Waals surface area contributed by atoms with Crippen molar-refractivity contribution in [2.45, 2.75) is 81.6 Å². The number of ether oxygens (including phenoxy) is 1. The van der Waals surface area contributed by atoms with Gasteiger partial charge in [-0.2, -0.15) is 0 Å². The summed E-state index contributed by atoms with van der Waals surface area (Å²) >= 11 is 0. The van der Waals surface area contributed by atoms with Crippen molar-refractivity contribution >= 4 is 0 Å². The third-order valence-corrected chi connectivity index (χ3v) is 6.48. The van der Waals surface area contributed by atoms with E-state index in [-0.39, 0.29) is 6.10 Å². The molecule has 1 aliphatic heterocycles. The molecule has 132 valence electrons. The second kappa shape index (κ2) is 6.78. The number of rotatable bonds is 2. The Bertz CT molecular complexity index is 551. The smallest absolute Gasteiger partial charge is 0.205 e. The molecule has 0 bridgehead atoms. The number of morpholine rings is 1. The van der Waals surface area contributed by atoms with Crippen LogP contribution in [0.5, 0.6) is 0 Å². The summed E-state index contributed by atoms with van der Waals surface area (Å²) in [6.07, 6.45) is 11.6. The maximum absolute atomic E-state index is 11.2. The Balaban J connectivity index is 1.51. The minimum absolute atomic E-state index is 0.167. The first-order valence-electron chi connectivity index (χ1n) is 9.86. The topological polar surface area (TPSA) is 32.7 Å². The second-order valence-electron chi connectivity index (χ2n) is 8.16. The molecule has 0 aromatic heterocycles. The first-order chi connectivity index (χ1) is 11.7. The van der Waals surface area contributed by atoms with Crippen molar-refractivity contribution in [3.63, 3.8) is 0 Å². The fourth-order valence-electron chi connectivity index (χ4n) is 5.07. The molecule has 2 saturated carbocycles. The summed E-state index contributed by atoms with van der Waals surface area (Å²) in [5.74, 6) is -0.446. The lowest BCUT2D eigenvalue weighted by molar-refractivity contribution is -0.293. The number of benzene rings is 1. The van der Waals surface area contributed by atoms with Gasteiger partial charge in [-0.3, -0.25) is 4.90 Å². The molecule has 3 atom stereocenters. The Morgan fingerprint density at radius 1 is 0.958 bits per heavy atom. The number of nitrogens with zero attached hydrogens (tertiary/aromatic N) is 1. The highest BCUT2D eigenvalue weighted by atomic mass is 16.6. The van der Waals surface area contributed by atoms with Crippen LogP contribution in [0.4, 0.5) is 0 Å². The molecule has 0 radical (unpaired) electrons. The molecule has 3 unspecified atom stereocenters. The van der Waals surface area contributed by atoms with Gasteiger partial charge in [0.05, 0.1) is 12.6 Å². The average Bonchev–Trinajstić information content (AvgIpc) is 2.62. The molecule has 0 spiro atoms. The molecule has 24 heavy (non-hydrogen) atoms. The van der Waals surface area contributed by atoms with Gasteiger partial charge in [-0.25, -0.2) is 0 Å². The summed E-state index contributed by atoms with van der Waals surface area (Å²) in [6.45, 7) is 0.566. The van der Waals surface area contributed by atoms with E-state index in [0.717, 1.165) is 12.0 Å². The summed E-state index contributed by atoms with van der Waals surface area (Å²) in [4.78, 5) is 2.31. The Kier molecular flexibility index (Phi) is 4.68. The van der Waals surface area contributed by atoms with Crippen LogP contribution in [-0.2, 0) is 10.5 Å². The van der Waals surface area contributed by atoms with Crippen LogP contribution < -0.4 is 0 Å². The Hall–Kier alpha value is -0.900. The maximum Gasteiger partial charge on any atom is 0.205 e. The van der Waals surface area contributed by atoms with Crippen LogP contribution in [0.25, 0.3) is 0 Å². The summed E-state index contributed by atoms with van der Waals surface area (Å²) < 4.78 is 6.23. The van der Waals surface area contributed by atoms with Gasteiger partial charge in [0.25, 0.3) is 0 Å². The summed E-state index contributed by atoms with van der Waals surface area (Å²) in [6, 6.07) is 9.11. The molecule has 4 rings (SSSR count). The maximum atomic E-state index is 11.2. The van der Waals surface area contributed by atoms with Crippen molar-refractivity contribution in [1.29, 1.82) is 0 Å². The number of likely N-dealkylation sites (N-methyl/N-ethyl adjacent to an activating group) is 1. The van der Waals surface area contributed by atoms with Crippen molar-refractivity contribution in [2.75, 3.05) is 13.6 Å². The van der Waals surface area contributed by atoms with E-state index in [9.17, 15) is 5.11 Å². The summed E-state index contributed by atoms with van der Waals surface area (Å²) in [5.41, 5.74) is 2.35. The lowest BCUT2D eigenvalue weighted by atomic mass is 9.83. The zero-order chi connectivity index (χ0) is 16.6. The molecule has 1 aromatic carbocycles. The van der Waals surface area contributed by atoms with Crippen LogP contribution in [0.2, 0.25) is 0 Å². The zero-order valence-electron chi connectivity index (χ0n) is 14.9. The number of aliphatic hydroxyl groups is 1. The van der Waals surface area contributed by atoms with E-state index in [4.69, 9.17) is 4.74 Å². The van der Waals surface area contributed by atoms with Crippen LogP contribution in [0.1, 0.15) is 74.8 Å². The fraction of sp³-hybridized carbons (Fsp3) is 0.714. The molecule has 1 aromatic rings. The molecular weight excluding hydrogens is 298 g/mol. The van der Waals surface area contributed by atoms with Gasteiger partial charge < -0.3 is 9.84 Å². The number of hydrogen-bond donors (Lipinski definition) is 1. The first kappa shape index (κ1) is 16.6. The van der Waals surface area contributed by atoms with Gasteiger partial charge in [-0.05, 0) is 44.2 Å². The molecule has 1 heterocycles. The average molecular weight is 329 g/mol. The van der Waals surface area contributed by atoms with Gasteiger partial charge in [0.2, 0.25) is 5.79 Å². The molecule has 3 heteroatoms. The second-order valence-corrected chi connectivity index (χ2v) is 8.16. The van der Waals surface area contributed by atoms with Crippen molar-refractivity contribution in [3.8, 4) is 0 Å². The Morgan fingerprint density at radius 2 is 1.62 bits per heavy atom. The van der Waals surface area contributed by atoms with Crippen LogP contribution in [0, 0.1) is 0 Å². The third kappa shape index (κ3) is 3.14. The van der Waals surface area contributed by atoms with Gasteiger partial charge >= 0.3 is 0 Å². The van der Waals surface area contributed by atoms with Crippen LogP contribution in [0.3, 0.4) is 0 Å². The molecular formula is C21H31NO2. The van der Waals surface area contributed by atoms with E-state index >= 15 is 0 Å². The molecule has 0 amide bonds. The number of fused-ring (bicyclic) bond motifs is 1. The minimum Gasteiger partial charge on any atom is -0.361 e. The lowest BCUT2D eigenvalue weighted by Gasteiger charge is -2.49. The largest absolute Gasteiger partial charge is 0.361 e. The fourth-order valence-corrected chi connectivity index (χ4v) is 5.07. The summed E-state index contributed by atoms with van der Waals surface area (Å²) in [5, 5.41) is 11.2. The van der Waals surface area contributed by atoms with Crippen LogP contribution >= 0.6 is 0 Å². The zero-order valence-corrected chi connectivity index (χ0v) is 14.9. The summed E-state index contributed by atoms with van der Waals surface area (Å²) in [7, 11) is 2.13. The molecule has 3 fully saturated rings. The van der Waals surface area contributed by atoms with Crippen LogP contribution in [-0.4, -0.2) is 35.7 Å². The molecule has 3 nitrogen and oxygen atoms in total. The van der Waals surface area contributed by atoms with Gasteiger partial charge in [0.1, 0.15) is 0 Å². The van der Waals surface area contributed by atoms with Gasteiger partial charge in [-0.1, -0.05) is 56.4 Å². The third-order valence-electron chi connectivity index (χ3n) is 6.48. The van der Waals surface area contributed by atoms with Crippen LogP contribution in [0.15, 0.2) is 24.3 Å². The highest BCUT2D eigenvalue weighted by Gasteiger charge is 2.45. The number of hydrogen-bond acceptors (Lipinski definition) is 3. The highest BCUT2D eigenvalue weighted by Crippen LogP contribution is 2.39.